The maximum atomic E-state index is 13.4. The monoisotopic (exact) mass is 365 g/mol. The van der Waals surface area contributed by atoms with Crippen molar-refractivity contribution in [2.24, 2.45) is 10.7 Å². The summed E-state index contributed by atoms with van der Waals surface area (Å²) in [4.78, 5) is 4.07. The zero-order valence-corrected chi connectivity index (χ0v) is 14.6. The van der Waals surface area contributed by atoms with E-state index < -0.39 is 11.9 Å². The number of aliphatic imine (C=N–C) groups is 1. The van der Waals surface area contributed by atoms with E-state index in [1.165, 1.54) is 12.1 Å². The number of halogens is 2. The molecule has 0 aliphatic carbocycles. The normalized spacial score (nSPS) is 12.7. The lowest BCUT2D eigenvalue weighted by molar-refractivity contribution is 0.186. The number of ether oxygens (including phenoxy) is 1. The predicted molar refractivity (Wildman–Crippen MR) is 97.6 cm³/mol. The standard InChI is InChI=1S/C18H21ClFN3O2/c1-25-14-5-2-12(3-6-14)8-9-22-18(21)23-11-17(24)13-4-7-15(19)16(20)10-13/h2-7,10,17,24H,8-9,11H2,1H3,(H3,21,22,23). The molecule has 25 heavy (non-hydrogen) atoms. The van der Waals surface area contributed by atoms with Crippen LogP contribution in [0.1, 0.15) is 17.2 Å². The molecule has 0 aliphatic rings. The molecule has 7 heteroatoms. The zero-order chi connectivity index (χ0) is 18.2. The number of nitrogens with zero attached hydrogens (tertiary/aromatic N) is 1. The Morgan fingerprint density at radius 2 is 2.04 bits per heavy atom. The summed E-state index contributed by atoms with van der Waals surface area (Å²) in [6.07, 6.45) is -0.181. The van der Waals surface area contributed by atoms with Crippen LogP contribution in [0.2, 0.25) is 5.02 Å². The van der Waals surface area contributed by atoms with Crippen molar-refractivity contribution in [3.63, 3.8) is 0 Å². The summed E-state index contributed by atoms with van der Waals surface area (Å²) in [6.45, 7) is 0.635. The van der Waals surface area contributed by atoms with E-state index in [1.54, 1.807) is 13.2 Å². The van der Waals surface area contributed by atoms with Gasteiger partial charge in [0, 0.05) is 6.54 Å². The van der Waals surface area contributed by atoms with Crippen molar-refractivity contribution < 1.29 is 14.2 Å². The van der Waals surface area contributed by atoms with Gasteiger partial charge in [-0.25, -0.2) is 4.39 Å². The first-order chi connectivity index (χ1) is 12.0. The Morgan fingerprint density at radius 1 is 1.32 bits per heavy atom. The number of benzene rings is 2. The topological polar surface area (TPSA) is 79.9 Å². The fourth-order valence-corrected chi connectivity index (χ4v) is 2.31. The van der Waals surface area contributed by atoms with Crippen LogP contribution in [0.5, 0.6) is 5.75 Å². The third kappa shape index (κ3) is 5.92. The summed E-state index contributed by atoms with van der Waals surface area (Å²) in [5.41, 5.74) is 7.31. The molecule has 2 aromatic carbocycles. The Kier molecular flexibility index (Phi) is 7.03. The minimum absolute atomic E-state index is 0.0131. The van der Waals surface area contributed by atoms with Gasteiger partial charge in [-0.3, -0.25) is 4.99 Å². The van der Waals surface area contributed by atoms with Gasteiger partial charge in [-0.05, 0) is 41.8 Å². The minimum Gasteiger partial charge on any atom is -0.497 e. The van der Waals surface area contributed by atoms with Gasteiger partial charge in [-0.1, -0.05) is 29.8 Å². The number of nitrogens with two attached hydrogens (primary N) is 1. The molecule has 1 atom stereocenters. The van der Waals surface area contributed by atoms with E-state index in [1.807, 2.05) is 24.3 Å². The van der Waals surface area contributed by atoms with E-state index in [-0.39, 0.29) is 17.5 Å². The molecule has 2 rings (SSSR count). The van der Waals surface area contributed by atoms with E-state index in [0.29, 0.717) is 12.1 Å². The summed E-state index contributed by atoms with van der Waals surface area (Å²) in [5, 5.41) is 13.0. The van der Waals surface area contributed by atoms with Crippen LogP contribution in [0.15, 0.2) is 47.5 Å². The number of hydrogen-bond donors (Lipinski definition) is 3. The first-order valence-electron chi connectivity index (χ1n) is 7.79. The van der Waals surface area contributed by atoms with Crippen LogP contribution >= 0.6 is 11.6 Å². The lowest BCUT2D eigenvalue weighted by Crippen LogP contribution is -2.33. The summed E-state index contributed by atoms with van der Waals surface area (Å²) in [7, 11) is 1.63. The minimum atomic E-state index is -0.950. The maximum absolute atomic E-state index is 13.4. The molecule has 0 fully saturated rings. The van der Waals surface area contributed by atoms with Crippen molar-refractivity contribution in [2.75, 3.05) is 20.2 Å². The average molecular weight is 366 g/mol. The number of guanidine groups is 1. The van der Waals surface area contributed by atoms with Crippen molar-refractivity contribution in [1.29, 1.82) is 0 Å². The van der Waals surface area contributed by atoms with Crippen molar-refractivity contribution in [2.45, 2.75) is 12.5 Å². The second-order valence-corrected chi connectivity index (χ2v) is 5.85. The second kappa shape index (κ2) is 9.25. The number of methoxy groups -OCH3 is 1. The van der Waals surface area contributed by atoms with E-state index in [0.717, 1.165) is 17.7 Å². The van der Waals surface area contributed by atoms with Crippen molar-refractivity contribution in [1.82, 2.24) is 5.32 Å². The summed E-state index contributed by atoms with van der Waals surface area (Å²) in [5.74, 6) is 0.459. The molecule has 0 spiro atoms. The van der Waals surface area contributed by atoms with Gasteiger partial charge in [0.25, 0.3) is 0 Å². The van der Waals surface area contributed by atoms with E-state index in [2.05, 4.69) is 10.3 Å². The Hall–Kier alpha value is -2.31. The van der Waals surface area contributed by atoms with Crippen molar-refractivity contribution in [3.05, 3.63) is 64.4 Å². The quantitative estimate of drug-likeness (QED) is 0.520. The van der Waals surface area contributed by atoms with Crippen LogP contribution in [0.3, 0.4) is 0 Å². The molecule has 134 valence electrons. The molecule has 0 amide bonds. The third-order valence-electron chi connectivity index (χ3n) is 3.64. The van der Waals surface area contributed by atoms with E-state index in [4.69, 9.17) is 22.1 Å². The lowest BCUT2D eigenvalue weighted by Gasteiger charge is -2.10. The van der Waals surface area contributed by atoms with Gasteiger partial charge in [0.1, 0.15) is 11.6 Å². The van der Waals surface area contributed by atoms with Crippen LogP contribution in [0.4, 0.5) is 4.39 Å². The number of hydrogen-bond acceptors (Lipinski definition) is 3. The van der Waals surface area contributed by atoms with Gasteiger partial charge >= 0.3 is 0 Å². The van der Waals surface area contributed by atoms with Crippen LogP contribution in [0, 0.1) is 5.82 Å². The van der Waals surface area contributed by atoms with Gasteiger partial charge in [-0.15, -0.1) is 0 Å². The molecule has 1 unspecified atom stereocenters. The fourth-order valence-electron chi connectivity index (χ4n) is 2.19. The van der Waals surface area contributed by atoms with Gasteiger partial charge in [0.15, 0.2) is 5.96 Å². The molecule has 0 aliphatic heterocycles. The second-order valence-electron chi connectivity index (χ2n) is 5.44. The molecular formula is C18H21ClFN3O2. The van der Waals surface area contributed by atoms with Gasteiger partial charge < -0.3 is 20.9 Å². The number of aliphatic hydroxyl groups excluding tert-OH is 1. The Bertz CT molecular complexity index is 723. The van der Waals surface area contributed by atoms with E-state index >= 15 is 0 Å². The molecule has 5 nitrogen and oxygen atoms in total. The third-order valence-corrected chi connectivity index (χ3v) is 3.95. The predicted octanol–water partition coefficient (Wildman–Crippen LogP) is 2.67. The first kappa shape index (κ1) is 19.0. The molecule has 0 saturated carbocycles. The van der Waals surface area contributed by atoms with Crippen LogP contribution in [-0.2, 0) is 6.42 Å². The van der Waals surface area contributed by atoms with Crippen molar-refractivity contribution in [3.8, 4) is 5.75 Å². The lowest BCUT2D eigenvalue weighted by atomic mass is 10.1. The highest BCUT2D eigenvalue weighted by atomic mass is 35.5. The van der Waals surface area contributed by atoms with Gasteiger partial charge in [0.05, 0.1) is 24.8 Å². The number of rotatable bonds is 7. The Labute approximate surface area is 151 Å². The maximum Gasteiger partial charge on any atom is 0.188 e. The molecule has 0 heterocycles. The largest absolute Gasteiger partial charge is 0.497 e. The number of nitrogens with one attached hydrogen (secondary N) is 1. The first-order valence-corrected chi connectivity index (χ1v) is 8.17. The zero-order valence-electron chi connectivity index (χ0n) is 13.9. The SMILES string of the molecule is COc1ccc(CCNC(N)=NCC(O)c2ccc(Cl)c(F)c2)cc1. The molecule has 0 bridgehead atoms. The highest BCUT2D eigenvalue weighted by Crippen LogP contribution is 2.20. The fraction of sp³-hybridized carbons (Fsp3) is 0.278. The summed E-state index contributed by atoms with van der Waals surface area (Å²) in [6, 6.07) is 11.9. The van der Waals surface area contributed by atoms with Crippen LogP contribution < -0.4 is 15.8 Å². The molecular weight excluding hydrogens is 345 g/mol. The summed E-state index contributed by atoms with van der Waals surface area (Å²) >= 11 is 5.62. The molecule has 0 saturated heterocycles. The summed E-state index contributed by atoms with van der Waals surface area (Å²) < 4.78 is 18.5. The molecule has 4 N–H and O–H groups in total. The van der Waals surface area contributed by atoms with Gasteiger partial charge in [-0.2, -0.15) is 0 Å². The van der Waals surface area contributed by atoms with Crippen LogP contribution in [-0.4, -0.2) is 31.3 Å². The molecule has 2 aromatic rings. The molecule has 0 radical (unpaired) electrons. The van der Waals surface area contributed by atoms with Gasteiger partial charge in [0.2, 0.25) is 0 Å². The molecule has 0 aromatic heterocycles. The van der Waals surface area contributed by atoms with E-state index in [9.17, 15) is 9.50 Å². The average Bonchev–Trinajstić information content (AvgIpc) is 2.62. The highest BCUT2D eigenvalue weighted by Gasteiger charge is 2.10. The van der Waals surface area contributed by atoms with Crippen molar-refractivity contribution >= 4 is 17.6 Å². The highest BCUT2D eigenvalue weighted by molar-refractivity contribution is 6.30. The Morgan fingerprint density at radius 3 is 2.68 bits per heavy atom. The number of aliphatic hydroxyl groups is 1. The Balaban J connectivity index is 1.79. The smallest absolute Gasteiger partial charge is 0.188 e. The van der Waals surface area contributed by atoms with Crippen LogP contribution in [0.25, 0.3) is 0 Å².